The van der Waals surface area contributed by atoms with Crippen LogP contribution in [0.4, 0.5) is 11.4 Å². The minimum atomic E-state index is -4.67. The average molecular weight is 838 g/mol. The van der Waals surface area contributed by atoms with E-state index in [9.17, 15) is 35.5 Å². The zero-order valence-corrected chi connectivity index (χ0v) is 34.9. The van der Waals surface area contributed by atoms with E-state index in [1.807, 2.05) is 69.7 Å². The standard InChI is InChI=1S/C40H51N7O9S2/c1-39(2)30-24-28(57(51,52)53)16-18-33(30)45(5)35(39)13-8-6-9-14-36-40(3,4)31-25-29(58(54,55)56)17-19-34(31)47(36)22-11-7-10-15-37(48)42-20-12-21-46-26-27(43-44-46)23-32(41)38(49)50/h6,8-9,13-14,16-19,24-26,32H,7,10-12,15,20-23,41H2,1-5H3,(H3-,42,48,49,50,51,52,53,54,55,56). The van der Waals surface area contributed by atoms with Crippen LogP contribution in [0, 0.1) is 0 Å². The van der Waals surface area contributed by atoms with Crippen LogP contribution < -0.4 is 16.0 Å². The first-order chi connectivity index (χ1) is 27.1. The molecule has 2 aromatic carbocycles. The molecule has 312 valence electrons. The first kappa shape index (κ1) is 44.1. The topological polar surface area (TPSA) is 241 Å². The summed E-state index contributed by atoms with van der Waals surface area (Å²) in [4.78, 5) is 25.2. The van der Waals surface area contributed by atoms with Gasteiger partial charge in [-0.3, -0.25) is 18.8 Å². The van der Waals surface area contributed by atoms with Crippen molar-refractivity contribution >= 4 is 49.2 Å². The number of amides is 1. The Bertz CT molecular complexity index is 2410. The highest BCUT2D eigenvalue weighted by atomic mass is 32.2. The zero-order chi connectivity index (χ0) is 42.6. The number of carbonyl (C=O) groups excluding carboxylic acids is 1. The molecule has 1 aromatic heterocycles. The van der Waals surface area contributed by atoms with Gasteiger partial charge in [0.05, 0.1) is 20.9 Å². The molecule has 0 saturated heterocycles. The molecule has 5 rings (SSSR count). The van der Waals surface area contributed by atoms with Crippen LogP contribution in [0.25, 0.3) is 0 Å². The van der Waals surface area contributed by atoms with Gasteiger partial charge in [-0.05, 0) is 75.1 Å². The maximum absolute atomic E-state index is 12.5. The van der Waals surface area contributed by atoms with Gasteiger partial charge in [-0.1, -0.05) is 43.7 Å². The molecule has 1 unspecified atom stereocenters. The number of aliphatic carboxylic acids is 1. The van der Waals surface area contributed by atoms with Gasteiger partial charge < -0.3 is 25.6 Å². The Morgan fingerprint density at radius 3 is 2.34 bits per heavy atom. The van der Waals surface area contributed by atoms with Crippen molar-refractivity contribution in [2.45, 2.75) is 99.4 Å². The van der Waals surface area contributed by atoms with Gasteiger partial charge in [-0.25, -0.2) is 8.42 Å². The molecule has 0 fully saturated rings. The van der Waals surface area contributed by atoms with Crippen LogP contribution in [0.3, 0.4) is 0 Å². The van der Waals surface area contributed by atoms with Crippen molar-refractivity contribution in [2.75, 3.05) is 25.0 Å². The number of aryl methyl sites for hydroxylation is 1. The summed E-state index contributed by atoms with van der Waals surface area (Å²) >= 11 is 0. The van der Waals surface area contributed by atoms with Crippen LogP contribution in [0.2, 0.25) is 0 Å². The molecule has 0 aliphatic carbocycles. The Labute approximate surface area is 339 Å². The van der Waals surface area contributed by atoms with Gasteiger partial charge in [0.2, 0.25) is 11.6 Å². The van der Waals surface area contributed by atoms with E-state index in [-0.39, 0.29) is 22.1 Å². The van der Waals surface area contributed by atoms with E-state index in [4.69, 9.17) is 10.8 Å². The molecule has 1 amide bonds. The van der Waals surface area contributed by atoms with E-state index >= 15 is 0 Å². The van der Waals surface area contributed by atoms with Crippen molar-refractivity contribution in [1.29, 1.82) is 0 Å². The van der Waals surface area contributed by atoms with E-state index < -0.39 is 43.1 Å². The number of fused-ring (bicyclic) bond motifs is 2. The molecule has 0 radical (unpaired) electrons. The lowest BCUT2D eigenvalue weighted by molar-refractivity contribution is -0.401. The Balaban J connectivity index is 1.19. The first-order valence-electron chi connectivity index (χ1n) is 18.9. The minimum Gasteiger partial charge on any atom is -0.744 e. The van der Waals surface area contributed by atoms with Crippen molar-refractivity contribution in [2.24, 2.45) is 5.73 Å². The average Bonchev–Trinajstić information content (AvgIpc) is 3.73. The Morgan fingerprint density at radius 2 is 1.66 bits per heavy atom. The molecule has 58 heavy (non-hydrogen) atoms. The summed E-state index contributed by atoms with van der Waals surface area (Å²) in [6, 6.07) is 7.97. The number of nitrogens with two attached hydrogens (primary N) is 1. The number of allylic oxidation sites excluding steroid dienone is 6. The van der Waals surface area contributed by atoms with Gasteiger partial charge in [-0.2, -0.15) is 13.0 Å². The third kappa shape index (κ3) is 9.98. The second-order valence-corrected chi connectivity index (χ2v) is 18.4. The van der Waals surface area contributed by atoms with Gasteiger partial charge in [0, 0.05) is 73.2 Å². The predicted molar refractivity (Wildman–Crippen MR) is 217 cm³/mol. The van der Waals surface area contributed by atoms with Crippen molar-refractivity contribution in [1.82, 2.24) is 20.3 Å². The van der Waals surface area contributed by atoms with E-state index in [1.165, 1.54) is 24.3 Å². The molecule has 1 atom stereocenters. The van der Waals surface area contributed by atoms with Gasteiger partial charge in [0.15, 0.2) is 5.71 Å². The fraction of sp³-hybridized carbons (Fsp3) is 0.425. The summed E-state index contributed by atoms with van der Waals surface area (Å²) in [5, 5.41) is 19.8. The van der Waals surface area contributed by atoms with Crippen molar-refractivity contribution in [3.05, 3.63) is 95.5 Å². The molecule has 2 aliphatic heterocycles. The van der Waals surface area contributed by atoms with Crippen LogP contribution in [0.5, 0.6) is 0 Å². The lowest BCUT2D eigenvalue weighted by atomic mass is 9.81. The quantitative estimate of drug-likeness (QED) is 0.0615. The number of nitrogens with zero attached hydrogens (tertiary/aromatic N) is 5. The largest absolute Gasteiger partial charge is 0.744 e. The number of carboxylic acids is 1. The van der Waals surface area contributed by atoms with Crippen molar-refractivity contribution in [3.63, 3.8) is 0 Å². The molecular formula is C40H51N7O9S2. The van der Waals surface area contributed by atoms with Crippen molar-refractivity contribution in [3.8, 4) is 0 Å². The van der Waals surface area contributed by atoms with Gasteiger partial charge in [0.1, 0.15) is 23.2 Å². The zero-order valence-electron chi connectivity index (χ0n) is 33.3. The summed E-state index contributed by atoms with van der Waals surface area (Å²) in [5.74, 6) is -1.18. The normalized spacial score (nSPS) is 17.4. The molecule has 3 heterocycles. The number of unbranched alkanes of at least 4 members (excludes halogenated alkanes) is 2. The van der Waals surface area contributed by atoms with E-state index in [2.05, 4.69) is 20.5 Å². The number of rotatable bonds is 18. The maximum Gasteiger partial charge on any atom is 0.320 e. The Kier molecular flexibility index (Phi) is 13.3. The van der Waals surface area contributed by atoms with Crippen LogP contribution in [-0.2, 0) is 53.6 Å². The lowest BCUT2D eigenvalue weighted by Gasteiger charge is -2.27. The van der Waals surface area contributed by atoms with Gasteiger partial charge in [0.25, 0.3) is 10.1 Å². The molecule has 16 nitrogen and oxygen atoms in total. The number of carboxylic acid groups (broad SMARTS) is 1. The molecule has 5 N–H and O–H groups in total. The minimum absolute atomic E-state index is 0.0680. The number of nitrogens with one attached hydrogen (secondary N) is 1. The molecule has 0 saturated carbocycles. The van der Waals surface area contributed by atoms with Crippen molar-refractivity contribution < 1.29 is 45.2 Å². The number of aromatic nitrogens is 3. The third-order valence-electron chi connectivity index (χ3n) is 10.7. The summed E-state index contributed by atoms with van der Waals surface area (Å²) in [6.45, 7) is 9.46. The van der Waals surface area contributed by atoms with Gasteiger partial charge >= 0.3 is 5.97 Å². The smallest absolute Gasteiger partial charge is 0.320 e. The molecule has 3 aromatic rings. The SMILES string of the molecule is C[N+]1=C(C=CC=CC=C2N(CCCCCC(=O)NCCCn3cc(CC(N)C(=O)O)nn3)c3ccc(S(=O)(=O)[O-])cc3C2(C)C)C(C)(C)c2cc(S(=O)(=O)O)ccc21. The fourth-order valence-corrected chi connectivity index (χ4v) is 8.53. The number of carbonyl (C=O) groups is 2. The number of anilines is 1. The fourth-order valence-electron chi connectivity index (χ4n) is 7.53. The van der Waals surface area contributed by atoms with Crippen LogP contribution >= 0.6 is 0 Å². The monoisotopic (exact) mass is 837 g/mol. The number of hydrogen-bond donors (Lipinski definition) is 4. The first-order valence-corrected chi connectivity index (χ1v) is 21.8. The molecule has 2 aliphatic rings. The lowest BCUT2D eigenvalue weighted by Crippen LogP contribution is -2.32. The summed E-state index contributed by atoms with van der Waals surface area (Å²) in [5.41, 5.74) is 9.81. The summed E-state index contributed by atoms with van der Waals surface area (Å²) in [7, 11) is -7.13. The van der Waals surface area contributed by atoms with E-state index in [0.717, 1.165) is 46.8 Å². The van der Waals surface area contributed by atoms with Crippen LogP contribution in [0.1, 0.15) is 76.6 Å². The van der Waals surface area contributed by atoms with E-state index in [0.29, 0.717) is 44.6 Å². The van der Waals surface area contributed by atoms with Gasteiger partial charge in [-0.15, -0.1) is 5.10 Å². The second-order valence-electron chi connectivity index (χ2n) is 15.6. The second kappa shape index (κ2) is 17.5. The Morgan fingerprint density at radius 1 is 0.948 bits per heavy atom. The number of hydrogen-bond acceptors (Lipinski definition) is 11. The number of benzene rings is 2. The Hall–Kier alpha value is -5.01. The highest BCUT2D eigenvalue weighted by Crippen LogP contribution is 2.48. The third-order valence-corrected chi connectivity index (χ3v) is 12.4. The van der Waals surface area contributed by atoms with E-state index in [1.54, 1.807) is 23.0 Å². The molecular weight excluding hydrogens is 787 g/mol. The molecule has 0 bridgehead atoms. The molecule has 0 spiro atoms. The summed E-state index contributed by atoms with van der Waals surface area (Å²) in [6.07, 6.45) is 14.4. The maximum atomic E-state index is 12.5. The van der Waals surface area contributed by atoms with Crippen LogP contribution in [-0.4, -0.2) is 94.4 Å². The highest BCUT2D eigenvalue weighted by Gasteiger charge is 2.44. The molecule has 18 heteroatoms. The predicted octanol–water partition coefficient (Wildman–Crippen LogP) is 3.95. The van der Waals surface area contributed by atoms with Crippen LogP contribution in [0.15, 0.2) is 88.5 Å². The summed E-state index contributed by atoms with van der Waals surface area (Å²) < 4.78 is 72.7. The highest BCUT2D eigenvalue weighted by molar-refractivity contribution is 7.86.